The summed E-state index contributed by atoms with van der Waals surface area (Å²) in [6.45, 7) is 23.4. The molecule has 0 heterocycles. The van der Waals surface area contributed by atoms with E-state index in [1.54, 1.807) is 5.57 Å². The average Bonchev–Trinajstić information content (AvgIpc) is 2.82. The largest absolute Gasteiger partial charge is 0.414 e. The molecule has 2 fully saturated rings. The maximum Gasteiger partial charge on any atom is 0.192 e. The Balaban J connectivity index is 1.84. The van der Waals surface area contributed by atoms with Gasteiger partial charge in [0.05, 0.1) is 11.7 Å². The van der Waals surface area contributed by atoms with Crippen LogP contribution < -0.4 is 0 Å². The van der Waals surface area contributed by atoms with E-state index in [-0.39, 0.29) is 10.6 Å². The van der Waals surface area contributed by atoms with Crippen molar-refractivity contribution in [3.63, 3.8) is 0 Å². The van der Waals surface area contributed by atoms with E-state index >= 15 is 0 Å². The second-order valence-corrected chi connectivity index (χ2v) is 17.0. The van der Waals surface area contributed by atoms with Crippen LogP contribution in [0, 0.1) is 23.2 Å². The molecule has 0 unspecified atom stereocenters. The summed E-state index contributed by atoms with van der Waals surface area (Å²) in [5, 5.41) is 0.272. The van der Waals surface area contributed by atoms with Gasteiger partial charge in [0.1, 0.15) is 0 Å². The summed E-state index contributed by atoms with van der Waals surface area (Å²) < 4.78 is 13.6. The van der Waals surface area contributed by atoms with Crippen LogP contribution in [0.5, 0.6) is 0 Å². The predicted octanol–water partition coefficient (Wildman–Crippen LogP) is 6.57. The maximum absolute atomic E-state index is 6.98. The molecule has 3 aliphatic rings. The van der Waals surface area contributed by atoms with Crippen LogP contribution in [0.1, 0.15) is 74.7 Å². The Morgan fingerprint density at radius 2 is 1.69 bits per heavy atom. The Morgan fingerprint density at radius 3 is 2.23 bits per heavy atom. The van der Waals surface area contributed by atoms with Crippen molar-refractivity contribution < 1.29 is 9.16 Å². The Labute approximate surface area is 163 Å². The molecule has 0 aromatic heterocycles. The fourth-order valence-electron chi connectivity index (χ4n) is 5.46. The van der Waals surface area contributed by atoms with E-state index < -0.39 is 8.32 Å². The van der Waals surface area contributed by atoms with Crippen LogP contribution in [0.3, 0.4) is 0 Å². The fraction of sp³-hybridized carbons (Fsp3) is 0.913. The first-order valence-electron chi connectivity index (χ1n) is 10.7. The SMILES string of the molecule is C[C@H]1CC2=C[C@H]3C[C@@](C)(C[C@@H]1O[Si](C)(C)C(C)(C)C)[C@@H]2[C@@H]3OC(C)(C)C. The Morgan fingerprint density at radius 1 is 1.08 bits per heavy atom. The Kier molecular flexibility index (Phi) is 4.90. The highest BCUT2D eigenvalue weighted by atomic mass is 28.4. The normalized spacial score (nSPS) is 40.5. The van der Waals surface area contributed by atoms with Gasteiger partial charge < -0.3 is 9.16 Å². The third-order valence-corrected chi connectivity index (χ3v) is 12.1. The molecule has 0 aromatic rings. The molecule has 0 aromatic carbocycles. The van der Waals surface area contributed by atoms with Crippen LogP contribution >= 0.6 is 0 Å². The van der Waals surface area contributed by atoms with Gasteiger partial charge in [0.15, 0.2) is 8.32 Å². The summed E-state index contributed by atoms with van der Waals surface area (Å²) in [7, 11) is -1.75. The van der Waals surface area contributed by atoms with Crippen LogP contribution in [-0.4, -0.2) is 26.1 Å². The fourth-order valence-corrected chi connectivity index (χ4v) is 6.89. The van der Waals surface area contributed by atoms with E-state index in [4.69, 9.17) is 9.16 Å². The van der Waals surface area contributed by atoms with Crippen molar-refractivity contribution in [3.8, 4) is 0 Å². The van der Waals surface area contributed by atoms with Crippen LogP contribution in [0.15, 0.2) is 11.6 Å². The molecule has 0 N–H and O–H groups in total. The maximum atomic E-state index is 6.98. The lowest BCUT2D eigenvalue weighted by molar-refractivity contribution is -0.0834. The lowest BCUT2D eigenvalue weighted by Gasteiger charge is -2.42. The summed E-state index contributed by atoms with van der Waals surface area (Å²) in [5.41, 5.74) is 1.95. The van der Waals surface area contributed by atoms with Crippen molar-refractivity contribution in [1.82, 2.24) is 0 Å². The van der Waals surface area contributed by atoms with Gasteiger partial charge in [0.2, 0.25) is 0 Å². The molecule has 2 saturated carbocycles. The highest BCUT2D eigenvalue weighted by molar-refractivity contribution is 6.74. The zero-order valence-electron chi connectivity index (χ0n) is 18.9. The zero-order valence-corrected chi connectivity index (χ0v) is 19.9. The lowest BCUT2D eigenvalue weighted by atomic mass is 9.72. The van der Waals surface area contributed by atoms with Crippen molar-refractivity contribution in [3.05, 3.63) is 11.6 Å². The van der Waals surface area contributed by atoms with Crippen molar-refractivity contribution >= 4 is 8.32 Å². The molecule has 3 heteroatoms. The van der Waals surface area contributed by atoms with Gasteiger partial charge in [-0.1, -0.05) is 46.3 Å². The standard InChI is InChI=1S/C23H42O2Si/c1-15-11-16-12-17-13-23(8,19(16)20(17)24-21(2,3)4)14-18(15)25-26(9,10)22(5,6)7/h12,15,17-20H,11,13-14H2,1-10H3/t15-,17-,18-,19-,20+,23-/m0/s1. The molecule has 0 spiro atoms. The van der Waals surface area contributed by atoms with Crippen LogP contribution in [-0.2, 0) is 9.16 Å². The summed E-state index contributed by atoms with van der Waals surface area (Å²) in [4.78, 5) is 0. The van der Waals surface area contributed by atoms with Crippen molar-refractivity contribution in [1.29, 1.82) is 0 Å². The molecule has 0 aliphatic heterocycles. The van der Waals surface area contributed by atoms with Crippen molar-refractivity contribution in [2.45, 2.75) is 111 Å². The second kappa shape index (κ2) is 6.19. The smallest absolute Gasteiger partial charge is 0.192 e. The molecular weight excluding hydrogens is 336 g/mol. The van der Waals surface area contributed by atoms with E-state index in [1.165, 1.54) is 19.3 Å². The van der Waals surface area contributed by atoms with Crippen molar-refractivity contribution in [2.75, 3.05) is 0 Å². The van der Waals surface area contributed by atoms with Crippen molar-refractivity contribution in [2.24, 2.45) is 23.2 Å². The molecule has 0 saturated heterocycles. The summed E-state index contributed by atoms with van der Waals surface area (Å²) in [6.07, 6.45) is 7.01. The second-order valence-electron chi connectivity index (χ2n) is 12.2. The summed E-state index contributed by atoms with van der Waals surface area (Å²) in [6, 6.07) is 0. The number of hydrogen-bond donors (Lipinski definition) is 0. The molecule has 3 aliphatic carbocycles. The zero-order chi connectivity index (χ0) is 19.7. The topological polar surface area (TPSA) is 18.5 Å². The Bertz CT molecular complexity index is 580. The highest BCUT2D eigenvalue weighted by Gasteiger charge is 2.59. The predicted molar refractivity (Wildman–Crippen MR) is 113 cm³/mol. The number of fused-ring (bicyclic) bond motifs is 1. The molecule has 2 bridgehead atoms. The van der Waals surface area contributed by atoms with Crippen LogP contribution in [0.4, 0.5) is 0 Å². The van der Waals surface area contributed by atoms with E-state index in [0.717, 1.165) is 0 Å². The molecular formula is C23H42O2Si. The minimum absolute atomic E-state index is 0.0631. The molecule has 0 amide bonds. The molecule has 6 atom stereocenters. The van der Waals surface area contributed by atoms with E-state index in [2.05, 4.69) is 74.6 Å². The van der Waals surface area contributed by atoms with Gasteiger partial charge in [-0.3, -0.25) is 0 Å². The van der Waals surface area contributed by atoms with Crippen LogP contribution in [0.2, 0.25) is 18.1 Å². The van der Waals surface area contributed by atoms with E-state index in [1.807, 2.05) is 0 Å². The number of rotatable bonds is 3. The lowest BCUT2D eigenvalue weighted by Crippen LogP contribution is -2.46. The van der Waals surface area contributed by atoms with E-state index in [9.17, 15) is 0 Å². The third kappa shape index (κ3) is 3.60. The van der Waals surface area contributed by atoms with Gasteiger partial charge >= 0.3 is 0 Å². The quantitative estimate of drug-likeness (QED) is 0.408. The first kappa shape index (κ1) is 20.6. The van der Waals surface area contributed by atoms with Gasteiger partial charge in [-0.15, -0.1) is 0 Å². The first-order valence-corrected chi connectivity index (χ1v) is 13.6. The molecule has 0 radical (unpaired) electrons. The minimum Gasteiger partial charge on any atom is -0.414 e. The molecule has 150 valence electrons. The Hall–Kier alpha value is -0.123. The minimum atomic E-state index is -1.75. The molecule has 2 nitrogen and oxygen atoms in total. The van der Waals surface area contributed by atoms with Gasteiger partial charge in [-0.2, -0.15) is 0 Å². The summed E-state index contributed by atoms with van der Waals surface area (Å²) in [5.74, 6) is 1.81. The number of ether oxygens (including phenoxy) is 1. The number of hydrogen-bond acceptors (Lipinski definition) is 2. The van der Waals surface area contributed by atoms with Gasteiger partial charge in [-0.05, 0) is 69.5 Å². The summed E-state index contributed by atoms with van der Waals surface area (Å²) >= 11 is 0. The van der Waals surface area contributed by atoms with Gasteiger partial charge in [0.25, 0.3) is 0 Å². The monoisotopic (exact) mass is 378 g/mol. The third-order valence-electron chi connectivity index (χ3n) is 7.63. The van der Waals surface area contributed by atoms with Gasteiger partial charge in [-0.25, -0.2) is 0 Å². The van der Waals surface area contributed by atoms with Crippen LogP contribution in [0.25, 0.3) is 0 Å². The van der Waals surface area contributed by atoms with Gasteiger partial charge in [0, 0.05) is 17.9 Å². The highest BCUT2D eigenvalue weighted by Crippen LogP contribution is 2.62. The molecule has 3 rings (SSSR count). The first-order chi connectivity index (χ1) is 11.6. The molecule has 26 heavy (non-hydrogen) atoms. The average molecular weight is 379 g/mol. The van der Waals surface area contributed by atoms with E-state index in [0.29, 0.717) is 35.4 Å².